The van der Waals surface area contributed by atoms with Gasteiger partial charge in [0.2, 0.25) is 0 Å². The highest BCUT2D eigenvalue weighted by Crippen LogP contribution is 2.30. The topological polar surface area (TPSA) is 98.4 Å². The highest BCUT2D eigenvalue weighted by Gasteiger charge is 2.37. The third kappa shape index (κ3) is 7.59. The Labute approximate surface area is 206 Å². The molecule has 2 rings (SSSR count). The average Bonchev–Trinajstić information content (AvgIpc) is 3.46. The molecule has 7 heteroatoms. The van der Waals surface area contributed by atoms with Crippen molar-refractivity contribution in [2.24, 2.45) is 5.92 Å². The van der Waals surface area contributed by atoms with Crippen LogP contribution in [0.2, 0.25) is 0 Å². The summed E-state index contributed by atoms with van der Waals surface area (Å²) in [6.45, 7) is 13.0. The summed E-state index contributed by atoms with van der Waals surface area (Å²) < 4.78 is 11.8. The zero-order chi connectivity index (χ0) is 25.4. The lowest BCUT2D eigenvalue weighted by atomic mass is 9.90. The zero-order valence-corrected chi connectivity index (χ0v) is 21.9. The molecule has 34 heavy (non-hydrogen) atoms. The van der Waals surface area contributed by atoms with Gasteiger partial charge >= 0.3 is 6.09 Å². The molecule has 2 aliphatic heterocycles. The van der Waals surface area contributed by atoms with Gasteiger partial charge in [0.05, 0.1) is 24.1 Å². The van der Waals surface area contributed by atoms with Gasteiger partial charge in [-0.1, -0.05) is 18.6 Å². The van der Waals surface area contributed by atoms with Gasteiger partial charge in [-0.3, -0.25) is 0 Å². The van der Waals surface area contributed by atoms with Crippen LogP contribution in [0, 0.1) is 22.7 Å². The Hall–Kier alpha value is -2.33. The Bertz CT molecular complexity index is 808. The molecule has 0 spiro atoms. The molecular weight excluding hydrogens is 428 g/mol. The summed E-state index contributed by atoms with van der Waals surface area (Å²) in [5.41, 5.74) is 1.17. The number of likely N-dealkylation sites (tertiary alicyclic amines) is 1. The van der Waals surface area contributed by atoms with Gasteiger partial charge < -0.3 is 25.1 Å². The van der Waals surface area contributed by atoms with E-state index in [1.54, 1.807) is 0 Å². The molecule has 2 heterocycles. The summed E-state index contributed by atoms with van der Waals surface area (Å²) in [7, 11) is 0. The largest absolute Gasteiger partial charge is 0.444 e. The molecule has 0 aromatic rings. The van der Waals surface area contributed by atoms with E-state index in [0.29, 0.717) is 13.0 Å². The number of allylic oxidation sites excluding steroid dienone is 1. The van der Waals surface area contributed by atoms with Gasteiger partial charge in [0.1, 0.15) is 11.2 Å². The molecule has 0 aromatic carbocycles. The third-order valence-electron chi connectivity index (χ3n) is 6.69. The Morgan fingerprint density at radius 2 is 2.12 bits per heavy atom. The molecule has 7 nitrogen and oxygen atoms in total. The Kier molecular flexibility index (Phi) is 10.2. The predicted octanol–water partition coefficient (Wildman–Crippen LogP) is 5.72. The molecule has 190 valence electrons. The molecule has 1 fully saturated rings. The van der Waals surface area contributed by atoms with Crippen molar-refractivity contribution in [3.8, 4) is 6.07 Å². The minimum Gasteiger partial charge on any atom is -0.444 e. The molecule has 0 radical (unpaired) electrons. The molecule has 2 N–H and O–H groups in total. The van der Waals surface area contributed by atoms with Crippen LogP contribution in [-0.2, 0) is 9.47 Å². The molecule has 1 saturated heterocycles. The number of nitriles is 1. The van der Waals surface area contributed by atoms with Gasteiger partial charge in [-0.15, -0.1) is 0 Å². The second-order valence-electron chi connectivity index (χ2n) is 10.6. The number of carbonyl (C=O) groups is 1. The monoisotopic (exact) mass is 472 g/mol. The van der Waals surface area contributed by atoms with Crippen LogP contribution in [-0.4, -0.2) is 53.6 Å². The van der Waals surface area contributed by atoms with Crippen molar-refractivity contribution in [3.05, 3.63) is 23.4 Å². The summed E-state index contributed by atoms with van der Waals surface area (Å²) in [5.74, 6) is -0.132. The predicted molar refractivity (Wildman–Crippen MR) is 136 cm³/mol. The van der Waals surface area contributed by atoms with Crippen LogP contribution in [0.3, 0.4) is 0 Å². The molecule has 0 aromatic heterocycles. The Balaban J connectivity index is 1.86. The van der Waals surface area contributed by atoms with E-state index in [0.717, 1.165) is 50.6 Å². The minimum absolute atomic E-state index is 0.0350. The van der Waals surface area contributed by atoms with Crippen LogP contribution in [0.5, 0.6) is 0 Å². The van der Waals surface area contributed by atoms with Crippen molar-refractivity contribution >= 4 is 12.3 Å². The van der Waals surface area contributed by atoms with E-state index in [2.05, 4.69) is 24.4 Å². The zero-order valence-electron chi connectivity index (χ0n) is 21.9. The van der Waals surface area contributed by atoms with Crippen molar-refractivity contribution in [2.75, 3.05) is 13.2 Å². The highest BCUT2D eigenvalue weighted by atomic mass is 16.6. The molecular formula is C27H44N4O3. The third-order valence-corrected chi connectivity index (χ3v) is 6.69. The number of carbonyl (C=O) groups excluding carboxylic acids is 1. The standard InChI is InChI=1S/C27H44N4O3/c1-7-11-21(23-13-10-14-31(23)25(32)34-26(3,4)5)12-8-9-15-33-27(6,19-29)24-16-22(18-30-24)20(2)17-28/h11,18-20,23-24,29-30H,7-10,12-16H2,1-6H3/b21-11+,29-19?/t20?,23-,24?,27+/m0/s1. The van der Waals surface area contributed by atoms with Gasteiger partial charge in [0.25, 0.3) is 0 Å². The molecule has 1 amide bonds. The summed E-state index contributed by atoms with van der Waals surface area (Å²) in [6.07, 6.45) is 11.7. The van der Waals surface area contributed by atoms with Crippen LogP contribution >= 0.6 is 0 Å². The Morgan fingerprint density at radius 3 is 2.74 bits per heavy atom. The molecule has 4 atom stereocenters. The first kappa shape index (κ1) is 27.9. The van der Waals surface area contributed by atoms with Crippen LogP contribution in [0.4, 0.5) is 4.79 Å². The minimum atomic E-state index is -0.714. The molecule has 2 unspecified atom stereocenters. The van der Waals surface area contributed by atoms with Gasteiger partial charge in [-0.05, 0) is 91.3 Å². The van der Waals surface area contributed by atoms with Crippen molar-refractivity contribution in [2.45, 2.75) is 110 Å². The van der Waals surface area contributed by atoms with Gasteiger partial charge in [0.15, 0.2) is 0 Å². The fourth-order valence-corrected chi connectivity index (χ4v) is 4.64. The van der Waals surface area contributed by atoms with E-state index in [1.807, 2.05) is 45.7 Å². The van der Waals surface area contributed by atoms with Crippen LogP contribution in [0.15, 0.2) is 23.4 Å². The van der Waals surface area contributed by atoms with E-state index >= 15 is 0 Å². The van der Waals surface area contributed by atoms with E-state index in [9.17, 15) is 10.1 Å². The lowest BCUT2D eigenvalue weighted by Crippen LogP contribution is -2.48. The lowest BCUT2D eigenvalue weighted by Gasteiger charge is -2.32. The SMILES string of the molecule is CC/C=C(\CCCCO[C@](C)(C=N)C1CC(C(C)C#N)=CN1)[C@@H]1CCCN1C(=O)OC(C)(C)C. The van der Waals surface area contributed by atoms with Crippen molar-refractivity contribution in [1.29, 1.82) is 10.7 Å². The van der Waals surface area contributed by atoms with Gasteiger partial charge in [-0.25, -0.2) is 4.79 Å². The summed E-state index contributed by atoms with van der Waals surface area (Å²) in [5, 5.41) is 20.4. The number of nitrogens with zero attached hydrogens (tertiary/aromatic N) is 2. The second-order valence-corrected chi connectivity index (χ2v) is 10.6. The van der Waals surface area contributed by atoms with E-state index in [4.69, 9.17) is 14.9 Å². The number of hydrogen-bond donors (Lipinski definition) is 2. The number of ether oxygens (including phenoxy) is 2. The quantitative estimate of drug-likeness (QED) is 0.227. The number of amides is 1. The average molecular weight is 473 g/mol. The normalized spacial score (nSPS) is 23.5. The lowest BCUT2D eigenvalue weighted by molar-refractivity contribution is -0.000128. The first-order valence-electron chi connectivity index (χ1n) is 12.7. The highest BCUT2D eigenvalue weighted by molar-refractivity contribution is 5.69. The maximum absolute atomic E-state index is 12.7. The number of nitrogens with one attached hydrogen (secondary N) is 2. The van der Waals surface area contributed by atoms with Crippen molar-refractivity contribution in [3.63, 3.8) is 0 Å². The smallest absolute Gasteiger partial charge is 0.410 e. The maximum Gasteiger partial charge on any atom is 0.410 e. The molecule has 0 aliphatic carbocycles. The van der Waals surface area contributed by atoms with E-state index in [-0.39, 0.29) is 24.1 Å². The fraction of sp³-hybridized carbons (Fsp3) is 0.741. The first-order chi connectivity index (χ1) is 16.0. The maximum atomic E-state index is 12.7. The number of unbranched alkanes of at least 4 members (excludes halogenated alkanes) is 1. The summed E-state index contributed by atoms with van der Waals surface area (Å²) in [6, 6.07) is 2.36. The second kappa shape index (κ2) is 12.4. The number of hydrogen-bond acceptors (Lipinski definition) is 6. The van der Waals surface area contributed by atoms with Gasteiger partial charge in [-0.2, -0.15) is 5.26 Å². The number of rotatable bonds is 11. The van der Waals surface area contributed by atoms with Crippen molar-refractivity contribution < 1.29 is 14.3 Å². The van der Waals surface area contributed by atoms with Gasteiger partial charge in [0, 0.05) is 19.4 Å². The van der Waals surface area contributed by atoms with Crippen molar-refractivity contribution in [1.82, 2.24) is 10.2 Å². The molecule has 0 bridgehead atoms. The van der Waals surface area contributed by atoms with Crippen LogP contribution in [0.1, 0.15) is 86.5 Å². The fourth-order valence-electron chi connectivity index (χ4n) is 4.64. The summed E-state index contributed by atoms with van der Waals surface area (Å²) in [4.78, 5) is 14.6. The Morgan fingerprint density at radius 1 is 1.38 bits per heavy atom. The van der Waals surface area contributed by atoms with Crippen LogP contribution < -0.4 is 5.32 Å². The first-order valence-corrected chi connectivity index (χ1v) is 12.7. The molecule has 0 saturated carbocycles. The van der Waals surface area contributed by atoms with Crippen LogP contribution in [0.25, 0.3) is 0 Å². The molecule has 2 aliphatic rings. The van der Waals surface area contributed by atoms with E-state index in [1.165, 1.54) is 11.8 Å². The van der Waals surface area contributed by atoms with E-state index < -0.39 is 11.2 Å². The summed E-state index contributed by atoms with van der Waals surface area (Å²) >= 11 is 0.